The van der Waals surface area contributed by atoms with Crippen LogP contribution in [0, 0.1) is 0 Å². The molecule has 24 heavy (non-hydrogen) atoms. The van der Waals surface area contributed by atoms with Crippen molar-refractivity contribution in [2.45, 2.75) is 26.3 Å². The zero-order valence-electron chi connectivity index (χ0n) is 14.1. The van der Waals surface area contributed by atoms with Crippen molar-refractivity contribution in [1.29, 1.82) is 0 Å². The van der Waals surface area contributed by atoms with Gasteiger partial charge in [0.2, 0.25) is 5.91 Å². The predicted molar refractivity (Wildman–Crippen MR) is 101 cm³/mol. The van der Waals surface area contributed by atoms with E-state index in [2.05, 4.69) is 33.5 Å². The van der Waals surface area contributed by atoms with Crippen molar-refractivity contribution in [2.75, 3.05) is 19.0 Å². The van der Waals surface area contributed by atoms with Gasteiger partial charge in [-0.2, -0.15) is 0 Å². The predicted octanol–water partition coefficient (Wildman–Crippen LogP) is 4.14. The summed E-state index contributed by atoms with van der Waals surface area (Å²) in [6.07, 6.45) is 1.13. The number of nitrogens with one attached hydrogen (secondary N) is 2. The van der Waals surface area contributed by atoms with E-state index < -0.39 is 0 Å². The third-order valence-corrected chi connectivity index (χ3v) is 4.27. The molecule has 0 atom stereocenters. The van der Waals surface area contributed by atoms with E-state index in [9.17, 15) is 4.79 Å². The van der Waals surface area contributed by atoms with Gasteiger partial charge in [-0.1, -0.05) is 25.1 Å². The molecule has 128 valence electrons. The Balaban J connectivity index is 1.88. The van der Waals surface area contributed by atoms with Crippen LogP contribution in [0.1, 0.15) is 24.5 Å². The molecule has 0 aliphatic carbocycles. The van der Waals surface area contributed by atoms with Crippen molar-refractivity contribution in [2.24, 2.45) is 0 Å². The van der Waals surface area contributed by atoms with Gasteiger partial charge in [0, 0.05) is 18.7 Å². The van der Waals surface area contributed by atoms with Crippen molar-refractivity contribution in [3.63, 3.8) is 0 Å². The fourth-order valence-corrected chi connectivity index (χ4v) is 2.96. The lowest BCUT2D eigenvalue weighted by Crippen LogP contribution is -2.14. The highest BCUT2D eigenvalue weighted by atomic mass is 79.9. The number of benzene rings is 2. The van der Waals surface area contributed by atoms with Crippen LogP contribution in [0.5, 0.6) is 5.75 Å². The molecule has 2 N–H and O–H groups in total. The lowest BCUT2D eigenvalue weighted by molar-refractivity contribution is -0.116. The maximum absolute atomic E-state index is 12.2. The molecule has 0 fully saturated rings. The second-order valence-electron chi connectivity index (χ2n) is 5.50. The lowest BCUT2D eigenvalue weighted by atomic mass is 10.1. The molecular weight excluding hydrogens is 368 g/mol. The number of aryl methyl sites for hydroxylation is 1. The second-order valence-corrected chi connectivity index (χ2v) is 6.35. The summed E-state index contributed by atoms with van der Waals surface area (Å²) in [5.74, 6) is 0.809. The van der Waals surface area contributed by atoms with Gasteiger partial charge >= 0.3 is 0 Å². The van der Waals surface area contributed by atoms with E-state index in [-0.39, 0.29) is 5.91 Å². The van der Waals surface area contributed by atoms with E-state index in [0.717, 1.165) is 40.1 Å². The average Bonchev–Trinajstić information content (AvgIpc) is 2.58. The number of hydrogen-bond acceptors (Lipinski definition) is 3. The number of carbonyl (C=O) groups excluding carboxylic acids is 1. The first-order valence-electron chi connectivity index (χ1n) is 8.04. The highest BCUT2D eigenvalue weighted by Gasteiger charge is 2.06. The van der Waals surface area contributed by atoms with Crippen LogP contribution in [0.25, 0.3) is 0 Å². The van der Waals surface area contributed by atoms with E-state index in [0.29, 0.717) is 12.8 Å². The van der Waals surface area contributed by atoms with Crippen LogP contribution < -0.4 is 15.4 Å². The molecule has 2 rings (SSSR count). The third-order valence-electron chi connectivity index (χ3n) is 3.65. The van der Waals surface area contributed by atoms with Crippen molar-refractivity contribution in [3.05, 3.63) is 58.1 Å². The highest BCUT2D eigenvalue weighted by molar-refractivity contribution is 9.10. The van der Waals surface area contributed by atoms with Crippen molar-refractivity contribution < 1.29 is 9.53 Å². The van der Waals surface area contributed by atoms with E-state index in [4.69, 9.17) is 4.74 Å². The summed E-state index contributed by atoms with van der Waals surface area (Å²) in [5, 5.41) is 6.24. The fourth-order valence-electron chi connectivity index (χ4n) is 2.38. The number of methoxy groups -OCH3 is 1. The monoisotopic (exact) mass is 390 g/mol. The Morgan fingerprint density at radius 2 is 2.00 bits per heavy atom. The van der Waals surface area contributed by atoms with E-state index in [1.165, 1.54) is 0 Å². The van der Waals surface area contributed by atoms with Crippen LogP contribution in [0.2, 0.25) is 0 Å². The molecule has 0 unspecified atom stereocenters. The number of ether oxygens (including phenoxy) is 1. The standard InChI is InChI=1S/C19H23BrN2O2/c1-3-21-13-15-5-4-6-16(11-15)22-19(23)10-8-14-7-9-18(24-2)17(20)12-14/h4-7,9,11-12,21H,3,8,10,13H2,1-2H3,(H,22,23). The lowest BCUT2D eigenvalue weighted by Gasteiger charge is -2.09. The fraction of sp³-hybridized carbons (Fsp3) is 0.316. The van der Waals surface area contributed by atoms with Gasteiger partial charge in [-0.05, 0) is 64.3 Å². The summed E-state index contributed by atoms with van der Waals surface area (Å²) >= 11 is 3.47. The van der Waals surface area contributed by atoms with Gasteiger partial charge in [0.25, 0.3) is 0 Å². The van der Waals surface area contributed by atoms with Gasteiger partial charge in [0.15, 0.2) is 0 Å². The van der Waals surface area contributed by atoms with Crippen LogP contribution in [0.4, 0.5) is 5.69 Å². The molecule has 5 heteroatoms. The Bertz CT molecular complexity index is 689. The number of rotatable bonds is 8. The van der Waals surface area contributed by atoms with E-state index in [1.54, 1.807) is 7.11 Å². The minimum atomic E-state index is 0.0162. The molecule has 0 aliphatic heterocycles. The molecule has 0 aliphatic rings. The van der Waals surface area contributed by atoms with Gasteiger partial charge in [-0.3, -0.25) is 4.79 Å². The Hall–Kier alpha value is -1.85. The minimum absolute atomic E-state index is 0.0162. The molecule has 0 bridgehead atoms. The maximum atomic E-state index is 12.2. The smallest absolute Gasteiger partial charge is 0.224 e. The Morgan fingerprint density at radius 3 is 2.71 bits per heavy atom. The number of halogens is 1. The molecule has 0 heterocycles. The average molecular weight is 391 g/mol. The SMILES string of the molecule is CCNCc1cccc(NC(=O)CCc2ccc(OC)c(Br)c2)c1. The van der Waals surface area contributed by atoms with Gasteiger partial charge in [-0.15, -0.1) is 0 Å². The Kier molecular flexibility index (Phi) is 7.28. The summed E-state index contributed by atoms with van der Waals surface area (Å²) in [7, 11) is 1.64. The Morgan fingerprint density at radius 1 is 1.17 bits per heavy atom. The molecule has 0 radical (unpaired) electrons. The Labute approximate surface area is 151 Å². The summed E-state index contributed by atoms with van der Waals surface area (Å²) in [6.45, 7) is 3.80. The molecule has 0 saturated carbocycles. The molecule has 2 aromatic carbocycles. The van der Waals surface area contributed by atoms with Crippen molar-refractivity contribution in [1.82, 2.24) is 5.32 Å². The zero-order chi connectivity index (χ0) is 17.4. The molecule has 4 nitrogen and oxygen atoms in total. The van der Waals surface area contributed by atoms with Crippen LogP contribution in [0.15, 0.2) is 46.9 Å². The van der Waals surface area contributed by atoms with E-state index in [1.807, 2.05) is 42.5 Å². The number of carbonyl (C=O) groups is 1. The molecule has 0 spiro atoms. The van der Waals surface area contributed by atoms with Gasteiger partial charge in [0.1, 0.15) is 5.75 Å². The summed E-state index contributed by atoms with van der Waals surface area (Å²) in [5.41, 5.74) is 3.10. The zero-order valence-corrected chi connectivity index (χ0v) is 15.7. The summed E-state index contributed by atoms with van der Waals surface area (Å²) < 4.78 is 6.11. The molecule has 0 aromatic heterocycles. The first-order chi connectivity index (χ1) is 11.6. The molecule has 2 aromatic rings. The first-order valence-corrected chi connectivity index (χ1v) is 8.83. The summed E-state index contributed by atoms with van der Waals surface area (Å²) in [4.78, 5) is 12.2. The molecular formula is C19H23BrN2O2. The van der Waals surface area contributed by atoms with E-state index >= 15 is 0 Å². The largest absolute Gasteiger partial charge is 0.496 e. The number of amides is 1. The van der Waals surface area contributed by atoms with Crippen LogP contribution in [-0.2, 0) is 17.8 Å². The van der Waals surface area contributed by atoms with Gasteiger partial charge in [-0.25, -0.2) is 0 Å². The van der Waals surface area contributed by atoms with Crippen LogP contribution in [-0.4, -0.2) is 19.6 Å². The van der Waals surface area contributed by atoms with Crippen molar-refractivity contribution >= 4 is 27.5 Å². The summed E-state index contributed by atoms with van der Waals surface area (Å²) in [6, 6.07) is 13.8. The molecule has 0 saturated heterocycles. The van der Waals surface area contributed by atoms with Gasteiger partial charge in [0.05, 0.1) is 11.6 Å². The van der Waals surface area contributed by atoms with Crippen LogP contribution in [0.3, 0.4) is 0 Å². The van der Waals surface area contributed by atoms with Gasteiger partial charge < -0.3 is 15.4 Å². The molecule has 1 amide bonds. The normalized spacial score (nSPS) is 10.5. The quantitative estimate of drug-likeness (QED) is 0.711. The van der Waals surface area contributed by atoms with Crippen molar-refractivity contribution in [3.8, 4) is 5.75 Å². The van der Waals surface area contributed by atoms with Crippen LogP contribution >= 0.6 is 15.9 Å². The number of hydrogen-bond donors (Lipinski definition) is 2. The number of anilines is 1. The topological polar surface area (TPSA) is 50.4 Å². The second kappa shape index (κ2) is 9.45. The third kappa shape index (κ3) is 5.65. The highest BCUT2D eigenvalue weighted by Crippen LogP contribution is 2.26. The maximum Gasteiger partial charge on any atom is 0.224 e. The minimum Gasteiger partial charge on any atom is -0.496 e. The first kappa shape index (κ1) is 18.5.